The van der Waals surface area contributed by atoms with E-state index in [1.807, 2.05) is 30.3 Å². The number of rotatable bonds is 4. The highest BCUT2D eigenvalue weighted by Crippen LogP contribution is 2.12. The fourth-order valence-corrected chi connectivity index (χ4v) is 1.64. The third-order valence-corrected chi connectivity index (χ3v) is 2.56. The van der Waals surface area contributed by atoms with Gasteiger partial charge in [0.05, 0.1) is 30.3 Å². The number of benzene rings is 1. The van der Waals surface area contributed by atoms with Crippen LogP contribution in [0.2, 0.25) is 0 Å². The minimum atomic E-state index is 0.722. The molecule has 0 saturated heterocycles. The molecule has 1 aromatic carbocycles. The molecule has 0 fully saturated rings. The zero-order chi connectivity index (χ0) is 12.2. The number of nitrogens with zero attached hydrogens (tertiary/aromatic N) is 4. The molecule has 2 aromatic heterocycles. The monoisotopic (exact) mass is 240 g/mol. The van der Waals surface area contributed by atoms with Gasteiger partial charge >= 0.3 is 0 Å². The predicted octanol–water partition coefficient (Wildman–Crippen LogP) is 1.60. The van der Waals surface area contributed by atoms with Gasteiger partial charge in [0.25, 0.3) is 0 Å². The van der Waals surface area contributed by atoms with Crippen molar-refractivity contribution in [3.8, 4) is 5.69 Å². The van der Waals surface area contributed by atoms with Crippen molar-refractivity contribution in [3.05, 3.63) is 54.6 Å². The van der Waals surface area contributed by atoms with Gasteiger partial charge in [-0.3, -0.25) is 5.10 Å². The van der Waals surface area contributed by atoms with E-state index in [1.54, 1.807) is 23.4 Å². The van der Waals surface area contributed by atoms with Crippen molar-refractivity contribution < 1.29 is 0 Å². The van der Waals surface area contributed by atoms with E-state index < -0.39 is 0 Å². The molecule has 0 atom stereocenters. The van der Waals surface area contributed by atoms with Crippen molar-refractivity contribution in [2.75, 3.05) is 5.32 Å². The third-order valence-electron chi connectivity index (χ3n) is 2.56. The summed E-state index contributed by atoms with van der Waals surface area (Å²) >= 11 is 0. The van der Waals surface area contributed by atoms with Crippen LogP contribution in [0.4, 0.5) is 5.69 Å². The van der Waals surface area contributed by atoms with Crippen LogP contribution in [-0.4, -0.2) is 25.2 Å². The lowest BCUT2D eigenvalue weighted by Gasteiger charge is -2.05. The van der Waals surface area contributed by atoms with Crippen molar-refractivity contribution in [3.63, 3.8) is 0 Å². The second-order valence-corrected chi connectivity index (χ2v) is 3.80. The molecule has 2 heterocycles. The van der Waals surface area contributed by atoms with E-state index in [-0.39, 0.29) is 0 Å². The predicted molar refractivity (Wildman–Crippen MR) is 67.3 cm³/mol. The molecular formula is C12H12N6. The molecule has 0 aliphatic rings. The molecule has 90 valence electrons. The van der Waals surface area contributed by atoms with Crippen LogP contribution < -0.4 is 5.32 Å². The van der Waals surface area contributed by atoms with Crippen LogP contribution >= 0.6 is 0 Å². The van der Waals surface area contributed by atoms with Crippen LogP contribution in [0.5, 0.6) is 0 Å². The average molecular weight is 240 g/mol. The van der Waals surface area contributed by atoms with E-state index >= 15 is 0 Å². The van der Waals surface area contributed by atoms with E-state index in [9.17, 15) is 0 Å². The number of aromatic nitrogens is 5. The zero-order valence-corrected chi connectivity index (χ0v) is 9.61. The molecule has 3 rings (SSSR count). The van der Waals surface area contributed by atoms with Crippen LogP contribution in [0.3, 0.4) is 0 Å². The van der Waals surface area contributed by atoms with Gasteiger partial charge in [0.15, 0.2) is 0 Å². The molecule has 2 N–H and O–H groups in total. The van der Waals surface area contributed by atoms with E-state index in [2.05, 4.69) is 25.7 Å². The van der Waals surface area contributed by atoms with Crippen LogP contribution in [0.25, 0.3) is 5.69 Å². The molecule has 0 aliphatic heterocycles. The van der Waals surface area contributed by atoms with Gasteiger partial charge in [0.2, 0.25) is 0 Å². The summed E-state index contributed by atoms with van der Waals surface area (Å²) in [5, 5.41) is 18.2. The lowest BCUT2D eigenvalue weighted by molar-refractivity contribution is 0.752. The molecule has 18 heavy (non-hydrogen) atoms. The summed E-state index contributed by atoms with van der Waals surface area (Å²) in [7, 11) is 0. The minimum Gasteiger partial charge on any atom is -0.379 e. The van der Waals surface area contributed by atoms with E-state index in [0.29, 0.717) is 0 Å². The highest BCUT2D eigenvalue weighted by atomic mass is 15.5. The van der Waals surface area contributed by atoms with Gasteiger partial charge in [-0.05, 0) is 30.3 Å². The first-order valence-corrected chi connectivity index (χ1v) is 5.61. The van der Waals surface area contributed by atoms with Gasteiger partial charge in [0, 0.05) is 11.9 Å². The number of hydrogen-bond acceptors (Lipinski definition) is 4. The summed E-state index contributed by atoms with van der Waals surface area (Å²) < 4.78 is 0. The van der Waals surface area contributed by atoms with E-state index in [0.717, 1.165) is 23.6 Å². The Morgan fingerprint density at radius 1 is 1.00 bits per heavy atom. The Balaban J connectivity index is 1.68. The van der Waals surface area contributed by atoms with Crippen LogP contribution in [0.1, 0.15) is 5.69 Å². The summed E-state index contributed by atoms with van der Waals surface area (Å²) in [6.45, 7) is 0.722. The Kier molecular flexibility index (Phi) is 2.75. The molecule has 0 spiro atoms. The number of hydrogen-bond donors (Lipinski definition) is 2. The normalized spacial score (nSPS) is 10.4. The second-order valence-electron chi connectivity index (χ2n) is 3.80. The summed E-state index contributed by atoms with van der Waals surface area (Å²) in [5.41, 5.74) is 3.03. The molecule has 0 amide bonds. The molecule has 0 radical (unpaired) electrons. The number of anilines is 1. The fourth-order valence-electron chi connectivity index (χ4n) is 1.64. The summed E-state index contributed by atoms with van der Waals surface area (Å²) in [6, 6.07) is 9.86. The first-order chi connectivity index (χ1) is 8.92. The van der Waals surface area contributed by atoms with Gasteiger partial charge in [-0.1, -0.05) is 0 Å². The SMILES string of the molecule is c1cc(CNc2ccc(-n3nccn3)cc2)[nH]n1. The van der Waals surface area contributed by atoms with Gasteiger partial charge in [0.1, 0.15) is 0 Å². The Morgan fingerprint density at radius 3 is 2.44 bits per heavy atom. The maximum absolute atomic E-state index is 4.07. The van der Waals surface area contributed by atoms with Gasteiger partial charge < -0.3 is 5.32 Å². The minimum absolute atomic E-state index is 0.722. The van der Waals surface area contributed by atoms with Crippen molar-refractivity contribution >= 4 is 5.69 Å². The van der Waals surface area contributed by atoms with Crippen LogP contribution in [0.15, 0.2) is 48.9 Å². The van der Waals surface area contributed by atoms with Crippen molar-refractivity contribution in [1.29, 1.82) is 0 Å². The van der Waals surface area contributed by atoms with Crippen molar-refractivity contribution in [2.24, 2.45) is 0 Å². The Morgan fingerprint density at radius 2 is 1.78 bits per heavy atom. The molecular weight excluding hydrogens is 228 g/mol. The molecule has 0 saturated carbocycles. The van der Waals surface area contributed by atoms with Crippen LogP contribution in [-0.2, 0) is 6.54 Å². The largest absolute Gasteiger partial charge is 0.379 e. The molecule has 0 aliphatic carbocycles. The third kappa shape index (κ3) is 2.22. The van der Waals surface area contributed by atoms with Crippen molar-refractivity contribution in [2.45, 2.75) is 6.54 Å². The molecule has 6 heteroatoms. The first-order valence-electron chi connectivity index (χ1n) is 5.61. The van der Waals surface area contributed by atoms with Gasteiger partial charge in [-0.2, -0.15) is 20.1 Å². The molecule has 6 nitrogen and oxygen atoms in total. The second kappa shape index (κ2) is 4.70. The lowest BCUT2D eigenvalue weighted by Crippen LogP contribution is -2.01. The quantitative estimate of drug-likeness (QED) is 0.726. The fraction of sp³-hybridized carbons (Fsp3) is 0.0833. The maximum atomic E-state index is 4.07. The molecule has 0 unspecified atom stereocenters. The van der Waals surface area contributed by atoms with Gasteiger partial charge in [-0.25, -0.2) is 0 Å². The van der Waals surface area contributed by atoms with Crippen LogP contribution in [0, 0.1) is 0 Å². The summed E-state index contributed by atoms with van der Waals surface area (Å²) in [5.74, 6) is 0. The number of nitrogens with one attached hydrogen (secondary N) is 2. The molecule has 0 bridgehead atoms. The Bertz CT molecular complexity index is 582. The average Bonchev–Trinajstić information content (AvgIpc) is 3.10. The van der Waals surface area contributed by atoms with E-state index in [4.69, 9.17) is 0 Å². The van der Waals surface area contributed by atoms with E-state index in [1.165, 1.54) is 0 Å². The standard InChI is InChI=1S/C12H12N6/c1-3-12(18-15-7-8-16-18)4-2-10(1)13-9-11-5-6-14-17-11/h1-8,13H,9H2,(H,14,17). The highest BCUT2D eigenvalue weighted by Gasteiger charge is 1.98. The smallest absolute Gasteiger partial charge is 0.0858 e. The first kappa shape index (κ1) is 10.5. The van der Waals surface area contributed by atoms with Gasteiger partial charge in [-0.15, -0.1) is 0 Å². The summed E-state index contributed by atoms with van der Waals surface area (Å²) in [6.07, 6.45) is 5.05. The topological polar surface area (TPSA) is 71.4 Å². The van der Waals surface area contributed by atoms with Crippen molar-refractivity contribution in [1.82, 2.24) is 25.2 Å². The summed E-state index contributed by atoms with van der Waals surface area (Å²) in [4.78, 5) is 1.58. The maximum Gasteiger partial charge on any atom is 0.0858 e. The Labute approximate surface area is 104 Å². The number of aromatic amines is 1. The highest BCUT2D eigenvalue weighted by molar-refractivity contribution is 5.48. The zero-order valence-electron chi connectivity index (χ0n) is 9.61. The number of H-pyrrole nitrogens is 1. The lowest BCUT2D eigenvalue weighted by atomic mass is 10.3. The Hall–Kier alpha value is -2.63. The molecule has 3 aromatic rings.